The third kappa shape index (κ3) is 4.07. The van der Waals surface area contributed by atoms with Gasteiger partial charge in [0.1, 0.15) is 11.5 Å². The fourth-order valence-corrected chi connectivity index (χ4v) is 3.14. The summed E-state index contributed by atoms with van der Waals surface area (Å²) in [5.74, 6) is 0.631. The number of amides is 1. The first-order valence-corrected chi connectivity index (χ1v) is 9.17. The lowest BCUT2D eigenvalue weighted by Gasteiger charge is -2.12. The minimum Gasteiger partial charge on any atom is -0.454 e. The lowest BCUT2D eigenvalue weighted by molar-refractivity contribution is 0.0933. The van der Waals surface area contributed by atoms with Crippen LogP contribution in [0.1, 0.15) is 28.6 Å². The van der Waals surface area contributed by atoms with Crippen molar-refractivity contribution >= 4 is 5.91 Å². The fraction of sp³-hybridized carbons (Fsp3) is 0.238. The van der Waals surface area contributed by atoms with E-state index in [1.165, 1.54) is 16.8 Å². The Hall–Kier alpha value is -3.39. The summed E-state index contributed by atoms with van der Waals surface area (Å²) < 4.78 is 25.1. The van der Waals surface area contributed by atoms with Gasteiger partial charge in [-0.1, -0.05) is 6.07 Å². The van der Waals surface area contributed by atoms with Crippen LogP contribution in [0.2, 0.25) is 0 Å². The number of aromatic nitrogens is 2. The standard InChI is InChI=1S/C21H20FN3O4/c1-25-17(11-16(24-25)13-2-5-15(22)6-3-13)21(27)23-9-8-18(26)14-4-7-19-20(10-14)29-12-28-19/h2-7,10-11,18,26H,8-9,12H2,1H3,(H,23,27)/t18-/m1/s1. The number of ether oxygens (including phenoxy) is 2. The molecule has 7 nitrogen and oxygen atoms in total. The van der Waals surface area contributed by atoms with Gasteiger partial charge in [-0.2, -0.15) is 5.10 Å². The number of carbonyl (C=O) groups excluding carboxylic acids is 1. The van der Waals surface area contributed by atoms with E-state index in [1.807, 2.05) is 0 Å². The van der Waals surface area contributed by atoms with Gasteiger partial charge in [0.05, 0.1) is 11.8 Å². The van der Waals surface area contributed by atoms with Gasteiger partial charge in [-0.15, -0.1) is 0 Å². The van der Waals surface area contributed by atoms with Gasteiger partial charge in [0.25, 0.3) is 5.91 Å². The molecular weight excluding hydrogens is 377 g/mol. The summed E-state index contributed by atoms with van der Waals surface area (Å²) in [5, 5.41) is 17.5. The Balaban J connectivity index is 1.35. The maximum absolute atomic E-state index is 13.1. The summed E-state index contributed by atoms with van der Waals surface area (Å²) >= 11 is 0. The predicted molar refractivity (Wildman–Crippen MR) is 103 cm³/mol. The Labute approximate surface area is 166 Å². The highest BCUT2D eigenvalue weighted by Crippen LogP contribution is 2.34. The molecule has 8 heteroatoms. The van der Waals surface area contributed by atoms with Crippen LogP contribution in [0.5, 0.6) is 11.5 Å². The number of halogens is 1. The van der Waals surface area contributed by atoms with Gasteiger partial charge >= 0.3 is 0 Å². The van der Waals surface area contributed by atoms with E-state index in [2.05, 4.69) is 10.4 Å². The molecule has 1 aromatic heterocycles. The second kappa shape index (κ2) is 7.92. The van der Waals surface area contributed by atoms with Crippen LogP contribution in [-0.4, -0.2) is 34.1 Å². The molecule has 0 unspecified atom stereocenters. The van der Waals surface area contributed by atoms with E-state index >= 15 is 0 Å². The third-order valence-electron chi connectivity index (χ3n) is 4.74. The number of benzene rings is 2. The first kappa shape index (κ1) is 18.9. The molecule has 1 aliphatic rings. The van der Waals surface area contributed by atoms with Crippen molar-refractivity contribution in [3.63, 3.8) is 0 Å². The first-order valence-electron chi connectivity index (χ1n) is 9.17. The molecule has 1 amide bonds. The van der Waals surface area contributed by atoms with Crippen LogP contribution in [0.15, 0.2) is 48.5 Å². The summed E-state index contributed by atoms with van der Waals surface area (Å²) in [4.78, 5) is 12.5. The van der Waals surface area contributed by atoms with Crippen LogP contribution in [0.4, 0.5) is 4.39 Å². The number of aryl methyl sites for hydroxylation is 1. The maximum atomic E-state index is 13.1. The number of carbonyl (C=O) groups is 1. The van der Waals surface area contributed by atoms with Crippen LogP contribution in [0.3, 0.4) is 0 Å². The minimum absolute atomic E-state index is 0.176. The zero-order valence-corrected chi connectivity index (χ0v) is 15.8. The summed E-state index contributed by atoms with van der Waals surface area (Å²) in [6.07, 6.45) is -0.403. The molecule has 0 bridgehead atoms. The highest BCUT2D eigenvalue weighted by Gasteiger charge is 2.18. The van der Waals surface area contributed by atoms with E-state index in [0.29, 0.717) is 34.9 Å². The molecule has 3 aromatic rings. The van der Waals surface area contributed by atoms with E-state index in [0.717, 1.165) is 5.56 Å². The van der Waals surface area contributed by atoms with Gasteiger partial charge in [0, 0.05) is 19.2 Å². The highest BCUT2D eigenvalue weighted by molar-refractivity contribution is 5.93. The summed E-state index contributed by atoms with van der Waals surface area (Å²) in [7, 11) is 1.67. The van der Waals surface area contributed by atoms with E-state index in [9.17, 15) is 14.3 Å². The molecule has 1 atom stereocenters. The van der Waals surface area contributed by atoms with Gasteiger partial charge in [-0.05, 0) is 54.4 Å². The Morgan fingerprint density at radius 1 is 1.21 bits per heavy atom. The van der Waals surface area contributed by atoms with Crippen molar-refractivity contribution < 1.29 is 23.8 Å². The predicted octanol–water partition coefficient (Wildman–Crippen LogP) is 2.81. The summed E-state index contributed by atoms with van der Waals surface area (Å²) in [5.41, 5.74) is 2.38. The molecule has 0 fully saturated rings. The second-order valence-corrected chi connectivity index (χ2v) is 6.72. The number of aliphatic hydroxyl groups excluding tert-OH is 1. The largest absolute Gasteiger partial charge is 0.454 e. The SMILES string of the molecule is Cn1nc(-c2ccc(F)cc2)cc1C(=O)NCC[C@@H](O)c1ccc2c(c1)OCO2. The number of fused-ring (bicyclic) bond motifs is 1. The Bertz CT molecular complexity index is 1030. The highest BCUT2D eigenvalue weighted by atomic mass is 19.1. The van der Waals surface area contributed by atoms with Gasteiger partial charge < -0.3 is 19.9 Å². The molecule has 0 saturated heterocycles. The third-order valence-corrected chi connectivity index (χ3v) is 4.74. The van der Waals surface area contributed by atoms with Crippen molar-refractivity contribution in [2.24, 2.45) is 7.05 Å². The van der Waals surface area contributed by atoms with Crippen LogP contribution < -0.4 is 14.8 Å². The van der Waals surface area contributed by atoms with Crippen molar-refractivity contribution in [3.8, 4) is 22.8 Å². The lowest BCUT2D eigenvalue weighted by Crippen LogP contribution is -2.27. The van der Waals surface area contributed by atoms with Crippen molar-refractivity contribution in [2.45, 2.75) is 12.5 Å². The molecule has 2 N–H and O–H groups in total. The van der Waals surface area contributed by atoms with Crippen LogP contribution >= 0.6 is 0 Å². The molecule has 4 rings (SSSR count). The summed E-state index contributed by atoms with van der Waals surface area (Å²) in [6, 6.07) is 12.8. The number of rotatable bonds is 6. The molecule has 1 aliphatic heterocycles. The van der Waals surface area contributed by atoms with E-state index < -0.39 is 6.10 Å². The molecule has 0 spiro atoms. The fourth-order valence-electron chi connectivity index (χ4n) is 3.14. The average molecular weight is 397 g/mol. The molecule has 2 heterocycles. The van der Waals surface area contributed by atoms with Crippen molar-refractivity contribution in [2.75, 3.05) is 13.3 Å². The Kier molecular flexibility index (Phi) is 5.18. The van der Waals surface area contributed by atoms with Gasteiger partial charge in [0.15, 0.2) is 11.5 Å². The smallest absolute Gasteiger partial charge is 0.269 e. The monoisotopic (exact) mass is 397 g/mol. The van der Waals surface area contributed by atoms with Crippen LogP contribution in [0, 0.1) is 5.82 Å². The van der Waals surface area contributed by atoms with E-state index in [4.69, 9.17) is 9.47 Å². The van der Waals surface area contributed by atoms with Crippen LogP contribution in [0.25, 0.3) is 11.3 Å². The van der Waals surface area contributed by atoms with Crippen molar-refractivity contribution in [1.82, 2.24) is 15.1 Å². The van der Waals surface area contributed by atoms with E-state index in [-0.39, 0.29) is 25.1 Å². The minimum atomic E-state index is -0.744. The quantitative estimate of drug-likeness (QED) is 0.668. The molecule has 0 aliphatic carbocycles. The number of aliphatic hydroxyl groups is 1. The summed E-state index contributed by atoms with van der Waals surface area (Å²) in [6.45, 7) is 0.459. The zero-order valence-electron chi connectivity index (χ0n) is 15.8. The van der Waals surface area contributed by atoms with E-state index in [1.54, 1.807) is 43.4 Å². The van der Waals surface area contributed by atoms with Crippen molar-refractivity contribution in [1.29, 1.82) is 0 Å². The average Bonchev–Trinajstić information content (AvgIpc) is 3.34. The molecule has 2 aromatic carbocycles. The number of hydrogen-bond donors (Lipinski definition) is 2. The van der Waals surface area contributed by atoms with Gasteiger partial charge in [0.2, 0.25) is 6.79 Å². The molecular formula is C21H20FN3O4. The Morgan fingerprint density at radius 2 is 1.97 bits per heavy atom. The van der Waals surface area contributed by atoms with Crippen LogP contribution in [-0.2, 0) is 7.05 Å². The Morgan fingerprint density at radius 3 is 2.76 bits per heavy atom. The topological polar surface area (TPSA) is 85.6 Å². The maximum Gasteiger partial charge on any atom is 0.269 e. The number of hydrogen-bond acceptors (Lipinski definition) is 5. The number of nitrogens with one attached hydrogen (secondary N) is 1. The van der Waals surface area contributed by atoms with Gasteiger partial charge in [-0.25, -0.2) is 4.39 Å². The molecule has 29 heavy (non-hydrogen) atoms. The lowest BCUT2D eigenvalue weighted by atomic mass is 10.1. The number of nitrogens with zero attached hydrogens (tertiary/aromatic N) is 2. The molecule has 0 radical (unpaired) electrons. The first-order chi connectivity index (χ1) is 14.0. The van der Waals surface area contributed by atoms with Crippen molar-refractivity contribution in [3.05, 3.63) is 65.6 Å². The zero-order chi connectivity index (χ0) is 20.4. The second-order valence-electron chi connectivity index (χ2n) is 6.72. The molecule has 0 saturated carbocycles. The van der Waals surface area contributed by atoms with Gasteiger partial charge in [-0.3, -0.25) is 9.48 Å². The molecule has 150 valence electrons. The normalized spacial score (nSPS) is 13.3.